The molecule has 4 nitrogen and oxygen atoms in total. The largest absolute Gasteiger partial charge is 0.495 e. The number of rotatable bonds is 7. The Kier molecular flexibility index (Phi) is 7.99. The Morgan fingerprint density at radius 3 is 2.57 bits per heavy atom. The highest BCUT2D eigenvalue weighted by atomic mass is 35.5. The van der Waals surface area contributed by atoms with Gasteiger partial charge in [-0.15, -0.1) is 11.8 Å². The maximum Gasteiger partial charge on any atom is 0.175 e. The maximum absolute atomic E-state index is 12.4. The van der Waals surface area contributed by atoms with Crippen LogP contribution < -0.4 is 15.4 Å². The average Bonchev–Trinajstić information content (AvgIpc) is 2.74. The van der Waals surface area contributed by atoms with E-state index in [9.17, 15) is 4.79 Å². The normalized spacial score (nSPS) is 10.4. The van der Waals surface area contributed by atoms with Gasteiger partial charge >= 0.3 is 0 Å². The van der Waals surface area contributed by atoms with Gasteiger partial charge < -0.3 is 15.4 Å². The van der Waals surface area contributed by atoms with Gasteiger partial charge in [0.05, 0.1) is 28.6 Å². The summed E-state index contributed by atoms with van der Waals surface area (Å²) in [6, 6.07) is 20.1. The van der Waals surface area contributed by atoms with Crippen molar-refractivity contribution in [2.45, 2.75) is 4.90 Å². The fraction of sp³-hybridized carbons (Fsp3) is 0.0909. The van der Waals surface area contributed by atoms with E-state index in [-0.39, 0.29) is 11.5 Å². The Morgan fingerprint density at radius 1 is 1.00 bits per heavy atom. The summed E-state index contributed by atoms with van der Waals surface area (Å²) in [4.78, 5) is 13.4. The topological polar surface area (TPSA) is 50.4 Å². The molecule has 0 aliphatic heterocycles. The van der Waals surface area contributed by atoms with Gasteiger partial charge in [-0.2, -0.15) is 0 Å². The number of carbonyl (C=O) groups excluding carboxylic acids is 1. The van der Waals surface area contributed by atoms with E-state index in [1.807, 2.05) is 48.5 Å². The molecule has 0 atom stereocenters. The van der Waals surface area contributed by atoms with Crippen LogP contribution in [0.15, 0.2) is 71.6 Å². The number of anilines is 2. The molecule has 0 amide bonds. The number of ketones is 1. The van der Waals surface area contributed by atoms with Crippen molar-refractivity contribution in [1.82, 2.24) is 0 Å². The number of para-hydroxylation sites is 2. The van der Waals surface area contributed by atoms with E-state index in [1.165, 1.54) is 11.8 Å². The Bertz CT molecular complexity index is 1080. The van der Waals surface area contributed by atoms with E-state index in [0.717, 1.165) is 16.3 Å². The molecule has 30 heavy (non-hydrogen) atoms. The second-order valence-electron chi connectivity index (χ2n) is 6.15. The van der Waals surface area contributed by atoms with Gasteiger partial charge in [-0.1, -0.05) is 41.4 Å². The van der Waals surface area contributed by atoms with Crippen molar-refractivity contribution < 1.29 is 9.53 Å². The number of halogens is 2. The molecule has 154 valence electrons. The van der Waals surface area contributed by atoms with Gasteiger partial charge in [0.15, 0.2) is 10.9 Å². The Hall–Kier alpha value is -2.25. The average molecular weight is 477 g/mol. The molecule has 3 aromatic rings. The van der Waals surface area contributed by atoms with Gasteiger partial charge in [0, 0.05) is 16.1 Å². The predicted octanol–water partition coefficient (Wildman–Crippen LogP) is 6.79. The number of thiocarbonyl (C=S) groups is 1. The third-order valence-corrected chi connectivity index (χ3v) is 6.00. The van der Waals surface area contributed by atoms with Crippen LogP contribution in [0.5, 0.6) is 5.75 Å². The fourth-order valence-electron chi connectivity index (χ4n) is 2.60. The first-order chi connectivity index (χ1) is 14.5. The Balaban J connectivity index is 1.59. The minimum absolute atomic E-state index is 0.0229. The van der Waals surface area contributed by atoms with Crippen LogP contribution in [0.1, 0.15) is 10.4 Å². The predicted molar refractivity (Wildman–Crippen MR) is 131 cm³/mol. The van der Waals surface area contributed by atoms with E-state index >= 15 is 0 Å². The molecule has 0 radical (unpaired) electrons. The molecule has 0 aliphatic carbocycles. The van der Waals surface area contributed by atoms with Gasteiger partial charge in [-0.3, -0.25) is 4.79 Å². The number of methoxy groups -OCH3 is 1. The van der Waals surface area contributed by atoms with Crippen LogP contribution in [-0.2, 0) is 0 Å². The van der Waals surface area contributed by atoms with Crippen LogP contribution in [-0.4, -0.2) is 23.8 Å². The van der Waals surface area contributed by atoms with E-state index < -0.39 is 0 Å². The summed E-state index contributed by atoms with van der Waals surface area (Å²) in [5.41, 5.74) is 2.12. The Labute approximate surface area is 194 Å². The van der Waals surface area contributed by atoms with Crippen molar-refractivity contribution in [3.63, 3.8) is 0 Å². The molecule has 0 aromatic heterocycles. The molecular weight excluding hydrogens is 459 g/mol. The minimum atomic E-state index is -0.0229. The summed E-state index contributed by atoms with van der Waals surface area (Å²) in [5.74, 6) is 0.961. The molecule has 0 unspecified atom stereocenters. The third-order valence-electron chi connectivity index (χ3n) is 4.06. The third kappa shape index (κ3) is 6.12. The van der Waals surface area contributed by atoms with Gasteiger partial charge in [0.1, 0.15) is 5.75 Å². The van der Waals surface area contributed by atoms with Gasteiger partial charge in [0.25, 0.3) is 0 Å². The van der Waals surface area contributed by atoms with Gasteiger partial charge in [0.2, 0.25) is 0 Å². The van der Waals surface area contributed by atoms with Crippen LogP contribution in [0.4, 0.5) is 11.4 Å². The van der Waals surface area contributed by atoms with Crippen molar-refractivity contribution in [1.29, 1.82) is 0 Å². The standard InChI is InChI=1S/C22H18Cl2N2O2S2/c1-28-21-8-3-2-7-19(21)26-22(29)25-15-5-4-6-16(12-15)30-13-20(27)14-9-10-17(23)18(24)11-14/h2-12H,13H2,1H3,(H2,25,26,29). The van der Waals surface area contributed by atoms with Crippen LogP contribution in [0.25, 0.3) is 0 Å². The van der Waals surface area contributed by atoms with E-state index in [1.54, 1.807) is 25.3 Å². The number of hydrogen-bond acceptors (Lipinski definition) is 4. The second-order valence-corrected chi connectivity index (χ2v) is 8.42. The number of benzene rings is 3. The van der Waals surface area contributed by atoms with Crippen molar-refractivity contribution in [3.05, 3.63) is 82.3 Å². The van der Waals surface area contributed by atoms with Gasteiger partial charge in [-0.05, 0) is 60.7 Å². The maximum atomic E-state index is 12.4. The lowest BCUT2D eigenvalue weighted by Crippen LogP contribution is -2.19. The van der Waals surface area contributed by atoms with Crippen LogP contribution in [0.2, 0.25) is 10.0 Å². The zero-order valence-electron chi connectivity index (χ0n) is 15.9. The zero-order chi connectivity index (χ0) is 21.5. The Morgan fingerprint density at radius 2 is 1.80 bits per heavy atom. The SMILES string of the molecule is COc1ccccc1NC(=S)Nc1cccc(SCC(=O)c2ccc(Cl)c(Cl)c2)c1. The molecule has 0 saturated heterocycles. The molecule has 2 N–H and O–H groups in total. The number of carbonyl (C=O) groups is 1. The van der Waals surface area contributed by atoms with Crippen LogP contribution in [0.3, 0.4) is 0 Å². The minimum Gasteiger partial charge on any atom is -0.495 e. The molecule has 3 rings (SSSR count). The molecule has 0 spiro atoms. The quantitative estimate of drug-likeness (QED) is 0.222. The highest BCUT2D eigenvalue weighted by Gasteiger charge is 2.10. The molecule has 0 aliphatic rings. The molecule has 8 heteroatoms. The van der Waals surface area contributed by atoms with Gasteiger partial charge in [-0.25, -0.2) is 0 Å². The molecule has 3 aromatic carbocycles. The monoisotopic (exact) mass is 476 g/mol. The number of Topliss-reactive ketones (excluding diaryl/α,β-unsaturated/α-hetero) is 1. The van der Waals surface area contributed by atoms with Crippen molar-refractivity contribution in [2.24, 2.45) is 0 Å². The lowest BCUT2D eigenvalue weighted by Gasteiger charge is -2.13. The summed E-state index contributed by atoms with van der Waals surface area (Å²) in [5, 5.41) is 7.51. The summed E-state index contributed by atoms with van der Waals surface area (Å²) < 4.78 is 5.32. The van der Waals surface area contributed by atoms with E-state index in [0.29, 0.717) is 26.5 Å². The lowest BCUT2D eigenvalue weighted by molar-refractivity contribution is 0.102. The first-order valence-corrected chi connectivity index (χ1v) is 11.0. The summed E-state index contributed by atoms with van der Waals surface area (Å²) >= 11 is 18.7. The van der Waals surface area contributed by atoms with Crippen LogP contribution in [0, 0.1) is 0 Å². The molecule has 0 heterocycles. The van der Waals surface area contributed by atoms with E-state index in [2.05, 4.69) is 10.6 Å². The first-order valence-electron chi connectivity index (χ1n) is 8.88. The highest BCUT2D eigenvalue weighted by molar-refractivity contribution is 8.00. The lowest BCUT2D eigenvalue weighted by atomic mass is 10.1. The second kappa shape index (κ2) is 10.7. The molecule has 0 saturated carbocycles. The van der Waals surface area contributed by atoms with Crippen molar-refractivity contribution in [2.75, 3.05) is 23.5 Å². The fourth-order valence-corrected chi connectivity index (χ4v) is 3.97. The zero-order valence-corrected chi connectivity index (χ0v) is 19.1. The van der Waals surface area contributed by atoms with Crippen molar-refractivity contribution in [3.8, 4) is 5.75 Å². The van der Waals surface area contributed by atoms with Crippen molar-refractivity contribution >= 4 is 69.5 Å². The smallest absolute Gasteiger partial charge is 0.175 e. The number of thioether (sulfide) groups is 1. The summed E-state index contributed by atoms with van der Waals surface area (Å²) in [6.45, 7) is 0. The van der Waals surface area contributed by atoms with E-state index in [4.69, 9.17) is 40.2 Å². The van der Waals surface area contributed by atoms with Crippen LogP contribution >= 0.6 is 47.2 Å². The first kappa shape index (κ1) is 22.4. The molecule has 0 bridgehead atoms. The number of hydrogen-bond donors (Lipinski definition) is 2. The number of nitrogens with one attached hydrogen (secondary N) is 2. The number of ether oxygens (including phenoxy) is 1. The molecular formula is C22H18Cl2N2O2S2. The summed E-state index contributed by atoms with van der Waals surface area (Å²) in [7, 11) is 1.61. The highest BCUT2D eigenvalue weighted by Crippen LogP contribution is 2.27. The summed E-state index contributed by atoms with van der Waals surface area (Å²) in [6.07, 6.45) is 0. The molecule has 0 fully saturated rings.